The van der Waals surface area contributed by atoms with Crippen molar-refractivity contribution in [2.45, 2.75) is 25.6 Å². The summed E-state index contributed by atoms with van der Waals surface area (Å²) in [4.78, 5) is 56.7. The molecule has 0 saturated carbocycles. The normalized spacial score (nSPS) is 24.4. The molecule has 0 unspecified atom stereocenters. The van der Waals surface area contributed by atoms with E-state index >= 15 is 0 Å². The van der Waals surface area contributed by atoms with Crippen LogP contribution in [0, 0.1) is 25.7 Å². The summed E-state index contributed by atoms with van der Waals surface area (Å²) >= 11 is 6.48. The number of fused-ring (bicyclic) bond motifs is 3. The number of imide groups is 1. The summed E-state index contributed by atoms with van der Waals surface area (Å²) in [6, 6.07) is 18.6. The van der Waals surface area contributed by atoms with E-state index in [1.807, 2.05) is 19.9 Å². The molecule has 2 amide bonds. The minimum Gasteiger partial charge on any atom is -0.349 e. The topological polar surface area (TPSA) is 80.8 Å². The van der Waals surface area contributed by atoms with Crippen LogP contribution in [0.4, 0.5) is 5.69 Å². The van der Waals surface area contributed by atoms with E-state index in [0.29, 0.717) is 16.3 Å². The molecule has 1 aliphatic carbocycles. The highest BCUT2D eigenvalue weighted by Gasteiger charge is 2.75. The van der Waals surface area contributed by atoms with Gasteiger partial charge in [-0.3, -0.25) is 19.2 Å². The lowest BCUT2D eigenvalue weighted by Crippen LogP contribution is -2.51. The molecule has 6 rings (SSSR count). The molecule has 6 nitrogen and oxygen atoms in total. The Labute approximate surface area is 206 Å². The van der Waals surface area contributed by atoms with E-state index < -0.39 is 46.9 Å². The van der Waals surface area contributed by atoms with Gasteiger partial charge in [0.25, 0.3) is 0 Å². The van der Waals surface area contributed by atoms with Crippen LogP contribution >= 0.6 is 11.6 Å². The molecule has 174 valence electrons. The van der Waals surface area contributed by atoms with Gasteiger partial charge in [-0.25, -0.2) is 4.90 Å². The molecule has 0 aromatic heterocycles. The second-order valence-electron chi connectivity index (χ2n) is 9.23. The fourth-order valence-corrected chi connectivity index (χ4v) is 5.96. The number of hydrogen-bond acceptors (Lipinski definition) is 5. The molecule has 2 heterocycles. The number of anilines is 1. The number of aryl methyl sites for hydroxylation is 1. The number of hydrogen-bond donors (Lipinski definition) is 0. The Kier molecular flexibility index (Phi) is 4.66. The largest absolute Gasteiger partial charge is 0.349 e. The second-order valence-corrected chi connectivity index (χ2v) is 9.64. The van der Waals surface area contributed by atoms with Gasteiger partial charge in [-0.05, 0) is 37.1 Å². The fraction of sp³-hybridized carbons (Fsp3) is 0.214. The summed E-state index contributed by atoms with van der Waals surface area (Å²) in [5.41, 5.74) is 0.861. The summed E-state index contributed by atoms with van der Waals surface area (Å²) in [6.07, 6.45) is -1.04. The first-order valence-corrected chi connectivity index (χ1v) is 11.7. The number of amides is 2. The molecule has 3 aromatic rings. The quantitative estimate of drug-likeness (QED) is 0.390. The predicted octanol–water partition coefficient (Wildman–Crippen LogP) is 4.65. The highest BCUT2D eigenvalue weighted by atomic mass is 35.5. The van der Waals surface area contributed by atoms with Crippen molar-refractivity contribution in [3.05, 3.63) is 99.6 Å². The molecule has 7 heteroatoms. The standard InChI is InChI=1S/C28H20ClNO5/c1-14-8-7-13-20(15(14)2)30-26(33)21-22(27(30)34)28(35-23(21)18-11-5-6-12-19(18)29)24(31)16-9-3-4-10-17(16)25(28)32/h3-13,21-23H,1-2H3/t21-,22-,23+/m0/s1. The Morgan fingerprint density at radius 3 is 2.09 bits per heavy atom. The Bertz CT molecular complexity index is 1440. The maximum absolute atomic E-state index is 14.0. The van der Waals surface area contributed by atoms with Gasteiger partial charge in [0.2, 0.25) is 29.0 Å². The molecular formula is C28H20ClNO5. The van der Waals surface area contributed by atoms with Crippen LogP contribution in [0.5, 0.6) is 0 Å². The van der Waals surface area contributed by atoms with Crippen molar-refractivity contribution < 1.29 is 23.9 Å². The van der Waals surface area contributed by atoms with Gasteiger partial charge in [-0.1, -0.05) is 66.2 Å². The van der Waals surface area contributed by atoms with Gasteiger partial charge >= 0.3 is 0 Å². The van der Waals surface area contributed by atoms with Gasteiger partial charge in [-0.2, -0.15) is 0 Å². The van der Waals surface area contributed by atoms with Crippen molar-refractivity contribution in [3.63, 3.8) is 0 Å². The molecule has 3 atom stereocenters. The number of benzene rings is 3. The molecule has 2 fully saturated rings. The third kappa shape index (κ3) is 2.69. The summed E-state index contributed by atoms with van der Waals surface area (Å²) in [6.45, 7) is 3.72. The van der Waals surface area contributed by atoms with Crippen LogP contribution < -0.4 is 4.90 Å². The Morgan fingerprint density at radius 2 is 1.43 bits per heavy atom. The van der Waals surface area contributed by atoms with Crippen molar-refractivity contribution in [1.29, 1.82) is 0 Å². The van der Waals surface area contributed by atoms with E-state index in [9.17, 15) is 19.2 Å². The average molecular weight is 486 g/mol. The minimum atomic E-state index is -2.11. The lowest BCUT2D eigenvalue weighted by molar-refractivity contribution is -0.127. The van der Waals surface area contributed by atoms with Gasteiger partial charge in [-0.15, -0.1) is 0 Å². The summed E-state index contributed by atoms with van der Waals surface area (Å²) in [5, 5.41) is 0.328. The zero-order valence-corrected chi connectivity index (χ0v) is 19.7. The minimum absolute atomic E-state index is 0.196. The molecule has 3 aliphatic rings. The van der Waals surface area contributed by atoms with Gasteiger partial charge in [0, 0.05) is 21.7 Å². The van der Waals surface area contributed by atoms with Crippen molar-refractivity contribution in [1.82, 2.24) is 0 Å². The molecule has 2 saturated heterocycles. The monoisotopic (exact) mass is 485 g/mol. The van der Waals surface area contributed by atoms with Crippen LogP contribution in [0.15, 0.2) is 66.7 Å². The number of ketones is 2. The third-order valence-corrected chi connectivity index (χ3v) is 7.89. The van der Waals surface area contributed by atoms with Crippen molar-refractivity contribution in [2.24, 2.45) is 11.8 Å². The first-order chi connectivity index (χ1) is 16.8. The number of Topliss-reactive ketones (excluding diaryl/α,β-unsaturated/α-hetero) is 2. The van der Waals surface area contributed by atoms with Gasteiger partial charge in [0.15, 0.2) is 0 Å². The zero-order valence-electron chi connectivity index (χ0n) is 18.9. The number of carbonyl (C=O) groups is 4. The molecule has 0 bridgehead atoms. The maximum Gasteiger partial charge on any atom is 0.241 e. The van der Waals surface area contributed by atoms with Crippen LogP contribution in [-0.2, 0) is 14.3 Å². The molecule has 2 aliphatic heterocycles. The molecule has 0 N–H and O–H groups in total. The number of halogens is 1. The second kappa shape index (κ2) is 7.44. The number of carbonyl (C=O) groups excluding carboxylic acids is 4. The predicted molar refractivity (Wildman–Crippen MR) is 129 cm³/mol. The summed E-state index contributed by atoms with van der Waals surface area (Å²) in [5.74, 6) is -4.68. The first kappa shape index (κ1) is 21.9. The van der Waals surface area contributed by atoms with Crippen molar-refractivity contribution in [3.8, 4) is 0 Å². The van der Waals surface area contributed by atoms with Crippen molar-refractivity contribution >= 4 is 40.7 Å². The Morgan fingerprint density at radius 1 is 0.800 bits per heavy atom. The number of rotatable bonds is 2. The highest BCUT2D eigenvalue weighted by Crippen LogP contribution is 2.58. The number of nitrogens with zero attached hydrogens (tertiary/aromatic N) is 1. The summed E-state index contributed by atoms with van der Waals surface area (Å²) in [7, 11) is 0. The molecule has 0 radical (unpaired) electrons. The fourth-order valence-electron chi connectivity index (χ4n) is 5.72. The molecule has 35 heavy (non-hydrogen) atoms. The lowest BCUT2D eigenvalue weighted by atomic mass is 9.77. The molecular weight excluding hydrogens is 466 g/mol. The van der Waals surface area contributed by atoms with E-state index in [0.717, 1.165) is 16.0 Å². The van der Waals surface area contributed by atoms with E-state index in [2.05, 4.69) is 0 Å². The molecule has 1 spiro atoms. The lowest BCUT2D eigenvalue weighted by Gasteiger charge is -2.28. The average Bonchev–Trinajstić information content (AvgIpc) is 3.41. The maximum atomic E-state index is 14.0. The van der Waals surface area contributed by atoms with Gasteiger partial charge < -0.3 is 4.74 Å². The summed E-state index contributed by atoms with van der Waals surface area (Å²) < 4.78 is 6.28. The smallest absolute Gasteiger partial charge is 0.241 e. The van der Waals surface area contributed by atoms with Crippen LogP contribution in [0.2, 0.25) is 5.02 Å². The Hall–Kier alpha value is -3.61. The van der Waals surface area contributed by atoms with Gasteiger partial charge in [0.05, 0.1) is 23.6 Å². The SMILES string of the molecule is Cc1cccc(N2C(=O)[C@@H]3[C@@H](c4ccccc4Cl)OC4(C(=O)c5ccccc5C4=O)[C@@H]3C2=O)c1C. The third-order valence-electron chi connectivity index (χ3n) is 7.55. The van der Waals surface area contributed by atoms with Crippen LogP contribution in [0.3, 0.4) is 0 Å². The number of ether oxygens (including phenoxy) is 1. The van der Waals surface area contributed by atoms with Crippen molar-refractivity contribution in [2.75, 3.05) is 4.90 Å². The van der Waals surface area contributed by atoms with Crippen LogP contribution in [0.25, 0.3) is 0 Å². The Balaban J connectivity index is 1.58. The van der Waals surface area contributed by atoms with Crippen LogP contribution in [-0.4, -0.2) is 29.0 Å². The van der Waals surface area contributed by atoms with E-state index in [4.69, 9.17) is 16.3 Å². The first-order valence-electron chi connectivity index (χ1n) is 11.3. The van der Waals surface area contributed by atoms with E-state index in [1.54, 1.807) is 60.7 Å². The highest BCUT2D eigenvalue weighted by molar-refractivity contribution is 6.37. The van der Waals surface area contributed by atoms with E-state index in [1.165, 1.54) is 0 Å². The van der Waals surface area contributed by atoms with Crippen LogP contribution in [0.1, 0.15) is 43.5 Å². The molecule has 3 aromatic carbocycles. The zero-order chi connectivity index (χ0) is 24.6. The van der Waals surface area contributed by atoms with E-state index in [-0.39, 0.29) is 11.1 Å². The van der Waals surface area contributed by atoms with Gasteiger partial charge in [0.1, 0.15) is 0 Å².